The van der Waals surface area contributed by atoms with Crippen LogP contribution in [0.3, 0.4) is 0 Å². The Hall–Kier alpha value is -2.53. The lowest BCUT2D eigenvalue weighted by molar-refractivity contribution is -0.394. The molecule has 0 fully saturated rings. The van der Waals surface area contributed by atoms with Crippen molar-refractivity contribution < 1.29 is 19.7 Å². The number of carbonyl (C=O) groups excluding carboxylic acids is 1. The summed E-state index contributed by atoms with van der Waals surface area (Å²) in [6, 6.07) is 5.46. The molecule has 24 heavy (non-hydrogen) atoms. The largest absolute Gasteiger partial charge is 0.506 e. The summed E-state index contributed by atoms with van der Waals surface area (Å²) < 4.78 is 0.606. The number of halogens is 2. The van der Waals surface area contributed by atoms with Gasteiger partial charge in [-0.25, -0.2) is 0 Å². The molecule has 2 aromatic rings. The van der Waals surface area contributed by atoms with Gasteiger partial charge in [0, 0.05) is 17.8 Å². The Morgan fingerprint density at radius 1 is 0.958 bits per heavy atom. The van der Waals surface area contributed by atoms with E-state index in [1.807, 2.05) is 0 Å². The number of phenols is 1. The molecule has 0 heterocycles. The molecule has 1 amide bonds. The molecule has 0 radical (unpaired) electrons. The van der Waals surface area contributed by atoms with Crippen LogP contribution in [0.2, 0.25) is 0 Å². The van der Waals surface area contributed by atoms with E-state index in [1.54, 1.807) is 0 Å². The number of rotatable bonds is 4. The fourth-order valence-electron chi connectivity index (χ4n) is 1.78. The van der Waals surface area contributed by atoms with E-state index in [-0.39, 0.29) is 17.0 Å². The molecule has 0 bridgehead atoms. The molecule has 9 nitrogen and oxygen atoms in total. The number of benzene rings is 2. The van der Waals surface area contributed by atoms with Crippen molar-refractivity contribution in [2.75, 3.05) is 5.32 Å². The smallest absolute Gasteiger partial charge is 0.277 e. The summed E-state index contributed by atoms with van der Waals surface area (Å²) in [5, 5.41) is 33.8. The molecule has 0 aromatic heterocycles. The zero-order chi connectivity index (χ0) is 18.0. The number of carbonyl (C=O) groups is 1. The summed E-state index contributed by atoms with van der Waals surface area (Å²) in [6.07, 6.45) is 0. The summed E-state index contributed by atoms with van der Waals surface area (Å²) in [6.45, 7) is 0. The summed E-state index contributed by atoms with van der Waals surface area (Å²) >= 11 is 6.19. The monoisotopic (exact) mass is 459 g/mol. The number of anilines is 1. The van der Waals surface area contributed by atoms with E-state index >= 15 is 0 Å². The lowest BCUT2D eigenvalue weighted by atomic mass is 10.1. The highest BCUT2D eigenvalue weighted by Gasteiger charge is 2.20. The minimum absolute atomic E-state index is 0.0704. The molecule has 0 saturated carbocycles. The van der Waals surface area contributed by atoms with Crippen LogP contribution in [-0.2, 0) is 0 Å². The molecular formula is C13H7Br2N3O6. The highest BCUT2D eigenvalue weighted by Crippen LogP contribution is 2.35. The van der Waals surface area contributed by atoms with Crippen LogP contribution in [0.5, 0.6) is 5.75 Å². The number of nitro groups is 2. The average molecular weight is 461 g/mol. The number of nitrogens with one attached hydrogen (secondary N) is 1. The van der Waals surface area contributed by atoms with Gasteiger partial charge in [0.05, 0.1) is 30.4 Å². The van der Waals surface area contributed by atoms with Gasteiger partial charge in [-0.15, -0.1) is 0 Å². The van der Waals surface area contributed by atoms with Crippen LogP contribution in [0.1, 0.15) is 10.4 Å². The summed E-state index contributed by atoms with van der Waals surface area (Å²) in [5.41, 5.74) is -1.10. The number of nitrogens with zero attached hydrogens (tertiary/aromatic N) is 2. The standard InChI is InChI=1S/C13H7Br2N3O6/c14-10-3-7(4-11(15)12(10)19)16-13(20)6-1-8(17(21)22)5-9(2-6)18(23)24/h1-5,19H,(H,16,20). The number of hydrogen-bond donors (Lipinski definition) is 2. The Balaban J connectivity index is 2.39. The number of aromatic hydroxyl groups is 1. The van der Waals surface area contributed by atoms with Crippen molar-refractivity contribution in [3.8, 4) is 5.75 Å². The second kappa shape index (κ2) is 6.93. The van der Waals surface area contributed by atoms with Gasteiger partial charge in [0.15, 0.2) is 0 Å². The number of hydrogen-bond acceptors (Lipinski definition) is 6. The topological polar surface area (TPSA) is 136 Å². The van der Waals surface area contributed by atoms with E-state index in [2.05, 4.69) is 37.2 Å². The molecule has 2 rings (SSSR count). The van der Waals surface area contributed by atoms with Gasteiger partial charge in [-0.05, 0) is 44.0 Å². The van der Waals surface area contributed by atoms with Crippen LogP contribution in [0.4, 0.5) is 17.1 Å². The molecule has 0 aliphatic heterocycles. The van der Waals surface area contributed by atoms with Gasteiger partial charge in [-0.3, -0.25) is 25.0 Å². The number of amides is 1. The molecule has 0 spiro atoms. The third-order valence-electron chi connectivity index (χ3n) is 2.86. The molecule has 0 unspecified atom stereocenters. The molecular weight excluding hydrogens is 454 g/mol. The Morgan fingerprint density at radius 2 is 1.42 bits per heavy atom. The van der Waals surface area contributed by atoms with Crippen LogP contribution in [0, 0.1) is 20.2 Å². The van der Waals surface area contributed by atoms with Crippen LogP contribution in [0.15, 0.2) is 39.3 Å². The minimum Gasteiger partial charge on any atom is -0.506 e. The van der Waals surface area contributed by atoms with Crippen molar-refractivity contribution in [3.63, 3.8) is 0 Å². The van der Waals surface area contributed by atoms with Crippen molar-refractivity contribution in [3.05, 3.63) is 65.1 Å². The highest BCUT2D eigenvalue weighted by atomic mass is 79.9. The van der Waals surface area contributed by atoms with Crippen molar-refractivity contribution >= 4 is 54.8 Å². The Labute approximate surface area is 150 Å². The number of phenolic OH excluding ortho intramolecular Hbond substituents is 1. The van der Waals surface area contributed by atoms with Gasteiger partial charge in [0.1, 0.15) is 5.75 Å². The zero-order valence-electron chi connectivity index (χ0n) is 11.5. The van der Waals surface area contributed by atoms with Crippen molar-refractivity contribution in [2.24, 2.45) is 0 Å². The zero-order valence-corrected chi connectivity index (χ0v) is 14.7. The Morgan fingerprint density at radius 3 is 1.83 bits per heavy atom. The van der Waals surface area contributed by atoms with E-state index in [0.29, 0.717) is 8.95 Å². The van der Waals surface area contributed by atoms with Crippen LogP contribution >= 0.6 is 31.9 Å². The van der Waals surface area contributed by atoms with Gasteiger partial charge in [-0.1, -0.05) is 0 Å². The van der Waals surface area contributed by atoms with E-state index in [9.17, 15) is 30.1 Å². The maximum atomic E-state index is 12.2. The van der Waals surface area contributed by atoms with Crippen molar-refractivity contribution in [1.82, 2.24) is 0 Å². The molecule has 0 saturated heterocycles. The molecule has 2 N–H and O–H groups in total. The maximum Gasteiger partial charge on any atom is 0.277 e. The number of nitro benzene ring substituents is 2. The van der Waals surface area contributed by atoms with Gasteiger partial charge < -0.3 is 10.4 Å². The third kappa shape index (κ3) is 3.86. The summed E-state index contributed by atoms with van der Waals surface area (Å²) in [4.78, 5) is 32.3. The molecule has 2 aromatic carbocycles. The van der Waals surface area contributed by atoms with Crippen molar-refractivity contribution in [2.45, 2.75) is 0 Å². The normalized spacial score (nSPS) is 10.2. The predicted octanol–water partition coefficient (Wildman–Crippen LogP) is 3.99. The first-order chi connectivity index (χ1) is 11.2. The molecule has 124 valence electrons. The third-order valence-corrected chi connectivity index (χ3v) is 4.07. The van der Waals surface area contributed by atoms with Crippen LogP contribution < -0.4 is 5.32 Å². The Kier molecular flexibility index (Phi) is 5.14. The minimum atomic E-state index is -0.822. The maximum absolute atomic E-state index is 12.2. The second-order valence-electron chi connectivity index (χ2n) is 4.49. The first kappa shape index (κ1) is 17.8. The van der Waals surface area contributed by atoms with E-state index < -0.39 is 27.1 Å². The molecule has 11 heteroatoms. The molecule has 0 aliphatic carbocycles. The van der Waals surface area contributed by atoms with Gasteiger partial charge in [0.2, 0.25) is 0 Å². The van der Waals surface area contributed by atoms with Gasteiger partial charge in [-0.2, -0.15) is 0 Å². The Bertz CT molecular complexity index is 816. The predicted molar refractivity (Wildman–Crippen MR) is 91.2 cm³/mol. The van der Waals surface area contributed by atoms with Crippen LogP contribution in [0.25, 0.3) is 0 Å². The van der Waals surface area contributed by atoms with E-state index in [1.165, 1.54) is 12.1 Å². The van der Waals surface area contributed by atoms with E-state index in [0.717, 1.165) is 18.2 Å². The number of non-ortho nitro benzene ring substituents is 2. The summed E-state index contributed by atoms with van der Waals surface area (Å²) in [5.74, 6) is -0.842. The fraction of sp³-hybridized carbons (Fsp3) is 0. The lowest BCUT2D eigenvalue weighted by Gasteiger charge is -2.08. The van der Waals surface area contributed by atoms with Gasteiger partial charge in [0.25, 0.3) is 17.3 Å². The van der Waals surface area contributed by atoms with Gasteiger partial charge >= 0.3 is 0 Å². The summed E-state index contributed by atoms with van der Waals surface area (Å²) in [7, 11) is 0. The quantitative estimate of drug-likeness (QED) is 0.402. The van der Waals surface area contributed by atoms with E-state index in [4.69, 9.17) is 0 Å². The van der Waals surface area contributed by atoms with Crippen LogP contribution in [-0.4, -0.2) is 20.9 Å². The molecule has 0 atom stereocenters. The van der Waals surface area contributed by atoms with Crippen molar-refractivity contribution in [1.29, 1.82) is 0 Å². The average Bonchev–Trinajstić information content (AvgIpc) is 2.51. The highest BCUT2D eigenvalue weighted by molar-refractivity contribution is 9.11. The first-order valence-corrected chi connectivity index (χ1v) is 7.71. The molecule has 0 aliphatic rings. The first-order valence-electron chi connectivity index (χ1n) is 6.12. The second-order valence-corrected chi connectivity index (χ2v) is 6.20. The lowest BCUT2D eigenvalue weighted by Crippen LogP contribution is -2.12. The fourth-order valence-corrected chi connectivity index (χ4v) is 2.96. The SMILES string of the molecule is O=C(Nc1cc(Br)c(O)c(Br)c1)c1cc([N+](=O)[O-])cc([N+](=O)[O-])c1.